The zero-order valence-electron chi connectivity index (χ0n) is 20.1. The average Bonchev–Trinajstić information content (AvgIpc) is 2.81. The summed E-state index contributed by atoms with van der Waals surface area (Å²) in [6, 6.07) is 0. The van der Waals surface area contributed by atoms with Crippen molar-refractivity contribution in [3.05, 3.63) is 0 Å². The number of rotatable bonds is 16. The lowest BCUT2D eigenvalue weighted by molar-refractivity contribution is -0.722. The predicted octanol–water partition coefficient (Wildman–Crippen LogP) is 2.93. The third-order valence-corrected chi connectivity index (χ3v) is 6.50. The first-order valence-electron chi connectivity index (χ1n) is 11.4. The molecule has 1 saturated carbocycles. The second kappa shape index (κ2) is 13.2. The molecule has 0 aromatic rings. The summed E-state index contributed by atoms with van der Waals surface area (Å²) in [5.74, 6) is -1.03. The van der Waals surface area contributed by atoms with Gasteiger partial charge in [0.2, 0.25) is 5.91 Å². The minimum absolute atomic E-state index is 0.0346. The Labute approximate surface area is 193 Å². The molecule has 0 aromatic carbocycles. The van der Waals surface area contributed by atoms with Crippen LogP contribution in [-0.4, -0.2) is 59.3 Å². The molecule has 1 aliphatic heterocycles. The number of carbonyl (C=O) groups is 1. The van der Waals surface area contributed by atoms with Crippen molar-refractivity contribution in [2.45, 2.75) is 90.6 Å². The summed E-state index contributed by atoms with van der Waals surface area (Å²) in [6.07, 6.45) is -0.133. The van der Waals surface area contributed by atoms with Crippen LogP contribution in [0.5, 0.6) is 0 Å². The highest BCUT2D eigenvalue weighted by Crippen LogP contribution is 2.55. The summed E-state index contributed by atoms with van der Waals surface area (Å²) in [6.45, 7) is 12.3. The number of hydroxylamine groups is 2. The zero-order valence-corrected chi connectivity index (χ0v) is 20.1. The number of amides is 1. The molecule has 0 aromatic heterocycles. The molecule has 1 unspecified atom stereocenters. The molecule has 13 nitrogen and oxygen atoms in total. The SMILES string of the molecule is CCCOOOOO[C@H]1[C@@H](OOOOCCC)[C@@](C)(OCCC)[C@@H](C)[C@@H](C)C12CC(=O)N2O. The number of carbonyl (C=O) groups excluding carboxylic acids is 1. The standard InChI is InChI=1S/C20H37NO12/c1-7-10-24-19(6)14(4)15(5)20(13-16(22)21(20)23)18(28-32-33-30-26-12-9-3)17(19)27-31-29-25-11-8-2/h14-15,17-18,23H,7-13H2,1-6H3/t14-,15+,17+,18-,19-,20?/m0/s1. The third-order valence-electron chi connectivity index (χ3n) is 6.50. The fourth-order valence-electron chi connectivity index (χ4n) is 4.34. The molecule has 13 heteroatoms. The molecule has 2 aliphatic rings. The summed E-state index contributed by atoms with van der Waals surface area (Å²) in [7, 11) is 0. The molecule has 0 radical (unpaired) electrons. The van der Waals surface area contributed by atoms with Gasteiger partial charge >= 0.3 is 0 Å². The largest absolute Gasteiger partial charge is 0.372 e. The Hall–Kier alpha value is -0.970. The Balaban J connectivity index is 2.27. The Morgan fingerprint density at radius 2 is 1.39 bits per heavy atom. The van der Waals surface area contributed by atoms with Gasteiger partial charge in [0, 0.05) is 6.61 Å². The highest BCUT2D eigenvalue weighted by molar-refractivity contribution is 5.84. The molecule has 1 saturated heterocycles. The summed E-state index contributed by atoms with van der Waals surface area (Å²) in [5, 5.41) is 34.3. The van der Waals surface area contributed by atoms with Gasteiger partial charge < -0.3 is 4.74 Å². The summed E-state index contributed by atoms with van der Waals surface area (Å²) in [4.78, 5) is 32.6. The van der Waals surface area contributed by atoms with E-state index in [-0.39, 0.29) is 31.5 Å². The van der Waals surface area contributed by atoms with E-state index in [1.165, 1.54) is 0 Å². The molecule has 1 N–H and O–H groups in total. The average molecular weight is 484 g/mol. The van der Waals surface area contributed by atoms with Gasteiger partial charge in [-0.1, -0.05) is 34.6 Å². The van der Waals surface area contributed by atoms with Crippen LogP contribution in [0.25, 0.3) is 0 Å². The van der Waals surface area contributed by atoms with Crippen molar-refractivity contribution in [2.24, 2.45) is 11.8 Å². The molecule has 2 rings (SSSR count). The van der Waals surface area contributed by atoms with Gasteiger partial charge in [0.25, 0.3) is 0 Å². The molecule has 1 aliphatic carbocycles. The van der Waals surface area contributed by atoms with Crippen molar-refractivity contribution >= 4 is 5.91 Å². The second-order valence-corrected chi connectivity index (χ2v) is 8.50. The van der Waals surface area contributed by atoms with E-state index in [1.54, 1.807) is 0 Å². The monoisotopic (exact) mass is 483 g/mol. The topological polar surface area (TPSA) is 133 Å². The van der Waals surface area contributed by atoms with E-state index in [2.05, 4.69) is 15.1 Å². The number of β-lactam (4-membered cyclic amide) rings is 1. The third kappa shape index (κ3) is 6.00. The minimum Gasteiger partial charge on any atom is -0.372 e. The van der Waals surface area contributed by atoms with Crippen LogP contribution in [0, 0.1) is 11.8 Å². The second-order valence-electron chi connectivity index (χ2n) is 8.50. The van der Waals surface area contributed by atoms with Gasteiger partial charge in [-0.05, 0) is 63.2 Å². The predicted molar refractivity (Wildman–Crippen MR) is 107 cm³/mol. The zero-order chi connectivity index (χ0) is 24.5. The molecule has 6 atom stereocenters. The maximum Gasteiger partial charge on any atom is 0.249 e. The first-order valence-corrected chi connectivity index (χ1v) is 11.4. The number of ether oxygens (including phenoxy) is 1. The lowest BCUT2D eigenvalue weighted by Gasteiger charge is -2.63. The summed E-state index contributed by atoms with van der Waals surface area (Å²) < 4.78 is 6.19. The number of nitrogens with zero attached hydrogens (tertiary/aromatic N) is 1. The Morgan fingerprint density at radius 1 is 0.848 bits per heavy atom. The van der Waals surface area contributed by atoms with E-state index in [0.29, 0.717) is 24.5 Å². The van der Waals surface area contributed by atoms with Crippen molar-refractivity contribution in [1.82, 2.24) is 5.06 Å². The van der Waals surface area contributed by atoms with Gasteiger partial charge in [-0.25, -0.2) is 14.8 Å². The van der Waals surface area contributed by atoms with Crippen LogP contribution in [0.15, 0.2) is 0 Å². The molecule has 194 valence electrons. The maximum absolute atomic E-state index is 12.1. The van der Waals surface area contributed by atoms with Gasteiger partial charge in [-0.2, -0.15) is 9.78 Å². The lowest BCUT2D eigenvalue weighted by Crippen LogP contribution is -2.81. The van der Waals surface area contributed by atoms with E-state index in [4.69, 9.17) is 34.4 Å². The Bertz CT molecular complexity index is 597. The summed E-state index contributed by atoms with van der Waals surface area (Å²) in [5.41, 5.74) is -2.24. The maximum atomic E-state index is 12.1. The van der Waals surface area contributed by atoms with Crippen LogP contribution >= 0.6 is 0 Å². The smallest absolute Gasteiger partial charge is 0.249 e. The van der Waals surface area contributed by atoms with Crippen molar-refractivity contribution in [2.75, 3.05) is 19.8 Å². The van der Waals surface area contributed by atoms with E-state index in [9.17, 15) is 10.0 Å². The molecular formula is C20H37NO12. The molecule has 1 amide bonds. The fourth-order valence-corrected chi connectivity index (χ4v) is 4.34. The molecule has 1 spiro atoms. The van der Waals surface area contributed by atoms with Crippen molar-refractivity contribution in [1.29, 1.82) is 0 Å². The van der Waals surface area contributed by atoms with Gasteiger partial charge in [-0.15, -0.1) is 0 Å². The molecule has 1 heterocycles. The first kappa shape index (κ1) is 28.3. The normalized spacial score (nSPS) is 34.2. The highest BCUT2D eigenvalue weighted by Gasteiger charge is 2.72. The van der Waals surface area contributed by atoms with Crippen LogP contribution in [-0.2, 0) is 54.3 Å². The van der Waals surface area contributed by atoms with E-state index in [1.807, 2.05) is 41.5 Å². The van der Waals surface area contributed by atoms with Crippen LogP contribution in [0.4, 0.5) is 0 Å². The van der Waals surface area contributed by atoms with Gasteiger partial charge in [0.1, 0.15) is 11.1 Å². The van der Waals surface area contributed by atoms with Gasteiger partial charge in [0.05, 0.1) is 19.6 Å². The number of hydrogen-bond acceptors (Lipinski definition) is 12. The Morgan fingerprint density at radius 3 is 1.94 bits per heavy atom. The summed E-state index contributed by atoms with van der Waals surface area (Å²) >= 11 is 0. The van der Waals surface area contributed by atoms with E-state index in [0.717, 1.165) is 6.42 Å². The van der Waals surface area contributed by atoms with Crippen molar-refractivity contribution in [3.63, 3.8) is 0 Å². The van der Waals surface area contributed by atoms with Crippen molar-refractivity contribution < 1.29 is 59.5 Å². The fraction of sp³-hybridized carbons (Fsp3) is 0.950. The van der Waals surface area contributed by atoms with Crippen LogP contribution in [0.2, 0.25) is 0 Å². The number of hydrogen-bond donors (Lipinski definition) is 1. The van der Waals surface area contributed by atoms with Gasteiger partial charge in [0.15, 0.2) is 12.2 Å². The molecule has 33 heavy (non-hydrogen) atoms. The van der Waals surface area contributed by atoms with E-state index < -0.39 is 29.3 Å². The highest BCUT2D eigenvalue weighted by atomic mass is 17.8. The molecule has 2 fully saturated rings. The van der Waals surface area contributed by atoms with Gasteiger partial charge in [-0.3, -0.25) is 10.0 Å². The minimum atomic E-state index is -1.22. The quantitative estimate of drug-likeness (QED) is 0.114. The molecule has 0 bridgehead atoms. The van der Waals surface area contributed by atoms with E-state index >= 15 is 0 Å². The van der Waals surface area contributed by atoms with Crippen LogP contribution in [0.1, 0.15) is 67.2 Å². The lowest BCUT2D eigenvalue weighted by atomic mass is 9.55. The van der Waals surface area contributed by atoms with Crippen LogP contribution < -0.4 is 0 Å². The van der Waals surface area contributed by atoms with Crippen molar-refractivity contribution in [3.8, 4) is 0 Å². The Kier molecular flexibility index (Phi) is 11.3. The molecular weight excluding hydrogens is 446 g/mol. The van der Waals surface area contributed by atoms with Crippen LogP contribution in [0.3, 0.4) is 0 Å². The first-order chi connectivity index (χ1) is 15.8.